The van der Waals surface area contributed by atoms with Crippen molar-refractivity contribution < 1.29 is 14.0 Å². The summed E-state index contributed by atoms with van der Waals surface area (Å²) in [5, 5.41) is 3.10. The molecule has 0 aliphatic carbocycles. The van der Waals surface area contributed by atoms with Gasteiger partial charge in [-0.05, 0) is 31.5 Å². The molecule has 0 fully saturated rings. The number of amides is 2. The number of rotatable bonds is 9. The van der Waals surface area contributed by atoms with Crippen molar-refractivity contribution >= 4 is 35.2 Å². The molecule has 0 saturated heterocycles. The smallest absolute Gasteiger partial charge is 0.242 e. The molecule has 0 heterocycles. The molecule has 2 rings (SSSR count). The van der Waals surface area contributed by atoms with Gasteiger partial charge in [-0.25, -0.2) is 4.39 Å². The lowest BCUT2D eigenvalue weighted by Gasteiger charge is -2.28. The average molecular weight is 423 g/mol. The van der Waals surface area contributed by atoms with Crippen LogP contribution in [0, 0.1) is 5.82 Å². The molecule has 1 N–H and O–H groups in total. The Labute approximate surface area is 174 Å². The summed E-state index contributed by atoms with van der Waals surface area (Å²) in [6.45, 7) is 4.38. The summed E-state index contributed by atoms with van der Waals surface area (Å²) in [4.78, 5) is 26.7. The Balaban J connectivity index is 2.06. The number of likely N-dealkylation sites (N-methyl/N-ethyl adjacent to an activating group) is 1. The van der Waals surface area contributed by atoms with Crippen LogP contribution in [0.2, 0.25) is 5.02 Å². The van der Waals surface area contributed by atoms with Crippen molar-refractivity contribution in [3.05, 3.63) is 70.5 Å². The Kier molecular flexibility index (Phi) is 8.80. The molecule has 0 saturated carbocycles. The summed E-state index contributed by atoms with van der Waals surface area (Å²) >= 11 is 7.32. The predicted octanol–water partition coefficient (Wildman–Crippen LogP) is 4.27. The van der Waals surface area contributed by atoms with Crippen molar-refractivity contribution in [2.45, 2.75) is 32.2 Å². The van der Waals surface area contributed by atoms with Crippen LogP contribution in [0.3, 0.4) is 0 Å². The van der Waals surface area contributed by atoms with E-state index in [-0.39, 0.29) is 29.1 Å². The second-order valence-electron chi connectivity index (χ2n) is 6.27. The van der Waals surface area contributed by atoms with Crippen molar-refractivity contribution in [1.82, 2.24) is 10.2 Å². The van der Waals surface area contributed by atoms with Gasteiger partial charge in [0.25, 0.3) is 0 Å². The second kappa shape index (κ2) is 11.1. The molecule has 0 aliphatic rings. The molecule has 0 aliphatic heterocycles. The lowest BCUT2D eigenvalue weighted by Crippen LogP contribution is -2.48. The van der Waals surface area contributed by atoms with Crippen molar-refractivity contribution in [3.8, 4) is 0 Å². The lowest BCUT2D eigenvalue weighted by atomic mass is 10.1. The monoisotopic (exact) mass is 422 g/mol. The van der Waals surface area contributed by atoms with Crippen LogP contribution in [0.1, 0.15) is 25.0 Å². The summed E-state index contributed by atoms with van der Waals surface area (Å²) < 4.78 is 13.9. The predicted molar refractivity (Wildman–Crippen MR) is 113 cm³/mol. The summed E-state index contributed by atoms with van der Waals surface area (Å²) in [5.74, 6) is -0.356. The van der Waals surface area contributed by atoms with Crippen LogP contribution in [0.15, 0.2) is 48.5 Å². The first kappa shape index (κ1) is 22.2. The standard InChI is InChI=1S/C21H24ClFN2O2S/c1-3-24-21(27)15(2)25(12-16-8-5-4-6-9-16)20(26)14-28-13-17-18(22)10-7-11-19(17)23/h4-11,15H,3,12-14H2,1-2H3,(H,24,27)/t15-/m1/s1. The van der Waals surface area contributed by atoms with Gasteiger partial charge in [-0.2, -0.15) is 0 Å². The number of hydrogen-bond donors (Lipinski definition) is 1. The summed E-state index contributed by atoms with van der Waals surface area (Å²) in [6, 6.07) is 13.4. The highest BCUT2D eigenvalue weighted by molar-refractivity contribution is 7.99. The molecule has 2 amide bonds. The highest BCUT2D eigenvalue weighted by Crippen LogP contribution is 2.24. The fraction of sp³-hybridized carbons (Fsp3) is 0.333. The number of halogens is 2. The minimum atomic E-state index is -0.606. The third kappa shape index (κ3) is 6.24. The Morgan fingerprint density at radius 3 is 2.54 bits per heavy atom. The van der Waals surface area contributed by atoms with Gasteiger partial charge in [-0.3, -0.25) is 9.59 Å². The third-order valence-corrected chi connectivity index (χ3v) is 5.55. The third-order valence-electron chi connectivity index (χ3n) is 4.25. The minimum Gasteiger partial charge on any atom is -0.355 e. The van der Waals surface area contributed by atoms with E-state index in [9.17, 15) is 14.0 Å². The van der Waals surface area contributed by atoms with Gasteiger partial charge in [0.1, 0.15) is 11.9 Å². The Morgan fingerprint density at radius 2 is 1.89 bits per heavy atom. The number of carbonyl (C=O) groups is 2. The van der Waals surface area contributed by atoms with E-state index in [0.717, 1.165) is 5.56 Å². The van der Waals surface area contributed by atoms with Crippen molar-refractivity contribution in [1.29, 1.82) is 0 Å². The summed E-state index contributed by atoms with van der Waals surface area (Å²) in [6.07, 6.45) is 0. The van der Waals surface area contributed by atoms with E-state index in [0.29, 0.717) is 23.7 Å². The molecule has 0 unspecified atom stereocenters. The van der Waals surface area contributed by atoms with E-state index in [2.05, 4.69) is 5.32 Å². The van der Waals surface area contributed by atoms with Gasteiger partial charge < -0.3 is 10.2 Å². The van der Waals surface area contributed by atoms with Gasteiger partial charge in [-0.15, -0.1) is 11.8 Å². The van der Waals surface area contributed by atoms with Crippen LogP contribution < -0.4 is 5.32 Å². The number of nitrogens with zero attached hydrogens (tertiary/aromatic N) is 1. The Bertz CT molecular complexity index is 784. The first-order valence-electron chi connectivity index (χ1n) is 9.05. The van der Waals surface area contributed by atoms with E-state index in [1.165, 1.54) is 17.8 Å². The highest BCUT2D eigenvalue weighted by atomic mass is 35.5. The molecule has 7 heteroatoms. The number of thioether (sulfide) groups is 1. The van der Waals surface area contributed by atoms with E-state index >= 15 is 0 Å². The zero-order valence-corrected chi connectivity index (χ0v) is 17.5. The van der Waals surface area contributed by atoms with Crippen molar-refractivity contribution in [3.63, 3.8) is 0 Å². The summed E-state index contributed by atoms with van der Waals surface area (Å²) in [5.41, 5.74) is 1.32. The van der Waals surface area contributed by atoms with Crippen LogP contribution in [-0.4, -0.2) is 35.1 Å². The quantitative estimate of drug-likeness (QED) is 0.656. The topological polar surface area (TPSA) is 49.4 Å². The largest absolute Gasteiger partial charge is 0.355 e. The Morgan fingerprint density at radius 1 is 1.18 bits per heavy atom. The molecule has 0 spiro atoms. The molecular weight excluding hydrogens is 399 g/mol. The fourth-order valence-corrected chi connectivity index (χ4v) is 3.93. The lowest BCUT2D eigenvalue weighted by molar-refractivity contribution is -0.138. The van der Waals surface area contributed by atoms with Crippen LogP contribution >= 0.6 is 23.4 Å². The number of hydrogen-bond acceptors (Lipinski definition) is 3. The molecule has 2 aromatic rings. The van der Waals surface area contributed by atoms with Crippen molar-refractivity contribution in [2.75, 3.05) is 12.3 Å². The van der Waals surface area contributed by atoms with E-state index in [1.807, 2.05) is 37.3 Å². The Hall–Kier alpha value is -2.05. The first-order valence-corrected chi connectivity index (χ1v) is 10.6. The molecular formula is C21H24ClFN2O2S. The molecule has 0 aromatic heterocycles. The molecule has 0 bridgehead atoms. The normalized spacial score (nSPS) is 11.7. The van der Waals surface area contributed by atoms with Crippen LogP contribution in [0.5, 0.6) is 0 Å². The minimum absolute atomic E-state index is 0.126. The van der Waals surface area contributed by atoms with Gasteiger partial charge in [0.15, 0.2) is 0 Å². The molecule has 2 aromatic carbocycles. The van der Waals surface area contributed by atoms with Crippen LogP contribution in [-0.2, 0) is 21.9 Å². The maximum absolute atomic E-state index is 13.9. The average Bonchev–Trinajstić information content (AvgIpc) is 2.68. The van der Waals surface area contributed by atoms with Gasteiger partial charge in [0.05, 0.1) is 5.75 Å². The van der Waals surface area contributed by atoms with Gasteiger partial charge in [0.2, 0.25) is 11.8 Å². The summed E-state index contributed by atoms with van der Waals surface area (Å²) in [7, 11) is 0. The zero-order chi connectivity index (χ0) is 20.5. The van der Waals surface area contributed by atoms with E-state index in [1.54, 1.807) is 24.0 Å². The molecule has 150 valence electrons. The maximum atomic E-state index is 13.9. The number of nitrogens with one attached hydrogen (secondary N) is 1. The zero-order valence-electron chi connectivity index (χ0n) is 16.0. The van der Waals surface area contributed by atoms with Crippen molar-refractivity contribution in [2.24, 2.45) is 0 Å². The van der Waals surface area contributed by atoms with Gasteiger partial charge >= 0.3 is 0 Å². The van der Waals surface area contributed by atoms with Gasteiger partial charge in [0, 0.05) is 29.4 Å². The first-order chi connectivity index (χ1) is 13.4. The fourth-order valence-electron chi connectivity index (χ4n) is 2.68. The highest BCUT2D eigenvalue weighted by Gasteiger charge is 2.25. The van der Waals surface area contributed by atoms with Crippen LogP contribution in [0.25, 0.3) is 0 Å². The number of carbonyl (C=O) groups excluding carboxylic acids is 2. The van der Waals surface area contributed by atoms with Gasteiger partial charge in [-0.1, -0.05) is 48.0 Å². The second-order valence-corrected chi connectivity index (χ2v) is 7.66. The molecule has 1 atom stereocenters. The molecule has 28 heavy (non-hydrogen) atoms. The van der Waals surface area contributed by atoms with E-state index < -0.39 is 6.04 Å². The van der Waals surface area contributed by atoms with Crippen LogP contribution in [0.4, 0.5) is 4.39 Å². The molecule has 0 radical (unpaired) electrons. The SMILES string of the molecule is CCNC(=O)[C@@H](C)N(Cc1ccccc1)C(=O)CSCc1c(F)cccc1Cl. The van der Waals surface area contributed by atoms with E-state index in [4.69, 9.17) is 11.6 Å². The maximum Gasteiger partial charge on any atom is 0.242 e. The number of benzene rings is 2. The molecule has 4 nitrogen and oxygen atoms in total.